The zero-order valence-corrected chi connectivity index (χ0v) is 27.7. The maximum absolute atomic E-state index is 14.0. The number of nitrogens with zero attached hydrogens (tertiary/aromatic N) is 6. The smallest absolute Gasteiger partial charge is 0.260 e. The lowest BCUT2D eigenvalue weighted by Crippen LogP contribution is -2.48. The van der Waals surface area contributed by atoms with Crippen LogP contribution in [0.3, 0.4) is 0 Å². The Kier molecular flexibility index (Phi) is 10.7. The third kappa shape index (κ3) is 7.81. The molecule has 1 amide bonds. The summed E-state index contributed by atoms with van der Waals surface area (Å²) in [6.45, 7) is 11.5. The van der Waals surface area contributed by atoms with Crippen LogP contribution in [-0.2, 0) is 6.54 Å². The fourth-order valence-corrected chi connectivity index (χ4v) is 6.57. The van der Waals surface area contributed by atoms with Gasteiger partial charge in [-0.1, -0.05) is 29.8 Å². The first-order chi connectivity index (χ1) is 21.7. The van der Waals surface area contributed by atoms with E-state index >= 15 is 0 Å². The van der Waals surface area contributed by atoms with Crippen LogP contribution in [0.1, 0.15) is 58.9 Å². The Morgan fingerprint density at radius 3 is 2.42 bits per heavy atom. The minimum absolute atomic E-state index is 0.0410. The summed E-state index contributed by atoms with van der Waals surface area (Å²) in [5, 5.41) is 0.405. The average Bonchev–Trinajstić information content (AvgIpc) is 3.04. The summed E-state index contributed by atoms with van der Waals surface area (Å²) < 4.78 is 5.32. The Morgan fingerprint density at radius 2 is 1.78 bits per heavy atom. The number of carbonyl (C=O) groups is 1. The lowest BCUT2D eigenvalue weighted by Gasteiger charge is -2.42. The van der Waals surface area contributed by atoms with Crippen molar-refractivity contribution in [2.24, 2.45) is 0 Å². The number of methoxy groups -OCH3 is 1. The van der Waals surface area contributed by atoms with Gasteiger partial charge in [0.15, 0.2) is 0 Å². The zero-order chi connectivity index (χ0) is 31.9. The van der Waals surface area contributed by atoms with Crippen LogP contribution in [0.5, 0.6) is 5.88 Å². The molecule has 4 heterocycles. The lowest BCUT2D eigenvalue weighted by molar-refractivity contribution is 0.0979. The molecule has 0 spiro atoms. The summed E-state index contributed by atoms with van der Waals surface area (Å²) in [6, 6.07) is 18.4. The first kappa shape index (κ1) is 32.4. The number of likely N-dealkylation sites (tertiary alicyclic amines) is 1. The number of aromatic nitrogens is 3. The highest BCUT2D eigenvalue weighted by atomic mass is 35.5. The molecule has 1 unspecified atom stereocenters. The van der Waals surface area contributed by atoms with Gasteiger partial charge >= 0.3 is 0 Å². The Labute approximate surface area is 272 Å². The van der Waals surface area contributed by atoms with Crippen molar-refractivity contribution in [1.29, 1.82) is 0 Å². The van der Waals surface area contributed by atoms with Crippen LogP contribution < -0.4 is 14.5 Å². The molecular formula is C36H43ClN6O2. The molecule has 1 aliphatic heterocycles. The van der Waals surface area contributed by atoms with Gasteiger partial charge in [-0.2, -0.15) is 0 Å². The fraction of sp³-hybridized carbons (Fsp3) is 0.389. The minimum Gasteiger partial charge on any atom is -0.481 e. The maximum Gasteiger partial charge on any atom is 0.260 e. The zero-order valence-electron chi connectivity index (χ0n) is 26.9. The number of piperidine rings is 1. The third-order valence-electron chi connectivity index (χ3n) is 8.98. The normalized spacial score (nSPS) is 14.6. The second kappa shape index (κ2) is 14.8. The van der Waals surface area contributed by atoms with Crippen molar-refractivity contribution in [1.82, 2.24) is 19.9 Å². The molecule has 0 bridgehead atoms. The van der Waals surface area contributed by atoms with Crippen LogP contribution in [0.2, 0.25) is 5.15 Å². The molecule has 1 aliphatic rings. The van der Waals surface area contributed by atoms with Crippen molar-refractivity contribution in [2.75, 3.05) is 36.5 Å². The second-order valence-electron chi connectivity index (χ2n) is 11.9. The lowest BCUT2D eigenvalue weighted by atomic mass is 9.99. The van der Waals surface area contributed by atoms with Crippen molar-refractivity contribution in [3.8, 4) is 5.88 Å². The van der Waals surface area contributed by atoms with E-state index in [0.717, 1.165) is 55.8 Å². The summed E-state index contributed by atoms with van der Waals surface area (Å²) >= 11 is 6.18. The van der Waals surface area contributed by atoms with Crippen molar-refractivity contribution in [2.45, 2.75) is 65.6 Å². The number of halogens is 1. The van der Waals surface area contributed by atoms with Crippen LogP contribution in [0.25, 0.3) is 0 Å². The molecule has 0 aliphatic carbocycles. The number of pyridine rings is 3. The van der Waals surface area contributed by atoms with E-state index in [-0.39, 0.29) is 5.91 Å². The van der Waals surface area contributed by atoms with Gasteiger partial charge < -0.3 is 19.4 Å². The van der Waals surface area contributed by atoms with Crippen LogP contribution in [-0.4, -0.2) is 64.6 Å². The molecule has 4 aromatic rings. The minimum atomic E-state index is -0.0410. The Morgan fingerprint density at radius 1 is 1.02 bits per heavy atom. The highest BCUT2D eigenvalue weighted by molar-refractivity contribution is 6.29. The quantitative estimate of drug-likeness (QED) is 0.165. The van der Waals surface area contributed by atoms with Crippen LogP contribution in [0, 0.1) is 20.8 Å². The molecule has 0 N–H and O–H groups in total. The highest BCUT2D eigenvalue weighted by Gasteiger charge is 2.29. The standard InChI is InChI=1S/C36H43ClN6O2/c1-25-13-17-38-22-29(25)24-43(32-11-12-34(45-5)39-23-32)31-15-18-41(19-16-31)27(3)14-20-42(30-9-7-6-8-10-30)36(44)35-26(2)21-33(37)40-28(35)4/h6-13,17,21-23,27,31H,14-16,18-20,24H2,1-5H3. The number of hydrogen-bond acceptors (Lipinski definition) is 7. The van der Waals surface area contributed by atoms with Gasteiger partial charge in [0.2, 0.25) is 5.88 Å². The van der Waals surface area contributed by atoms with Crippen molar-refractivity contribution >= 4 is 28.9 Å². The maximum atomic E-state index is 14.0. The summed E-state index contributed by atoms with van der Waals surface area (Å²) in [7, 11) is 1.64. The number of para-hydroxylation sites is 1. The van der Waals surface area contributed by atoms with Gasteiger partial charge in [0.05, 0.1) is 30.3 Å². The molecule has 8 nitrogen and oxygen atoms in total. The second-order valence-corrected chi connectivity index (χ2v) is 12.3. The number of benzene rings is 1. The van der Waals surface area contributed by atoms with E-state index < -0.39 is 0 Å². The van der Waals surface area contributed by atoms with Gasteiger partial charge in [-0.3, -0.25) is 9.78 Å². The summed E-state index contributed by atoms with van der Waals surface area (Å²) in [5.74, 6) is 0.571. The van der Waals surface area contributed by atoms with E-state index in [2.05, 4.69) is 50.7 Å². The van der Waals surface area contributed by atoms with E-state index in [4.69, 9.17) is 16.3 Å². The largest absolute Gasteiger partial charge is 0.481 e. The Balaban J connectivity index is 1.27. The Bertz CT molecular complexity index is 1550. The van der Waals surface area contributed by atoms with Crippen LogP contribution in [0.15, 0.2) is 73.2 Å². The van der Waals surface area contributed by atoms with Crippen LogP contribution >= 0.6 is 11.6 Å². The number of rotatable bonds is 11. The van der Waals surface area contributed by atoms with Gasteiger partial charge in [0.1, 0.15) is 5.15 Å². The molecule has 1 fully saturated rings. The number of carbonyl (C=O) groups excluding carboxylic acids is 1. The van der Waals surface area contributed by atoms with Gasteiger partial charge in [-0.05, 0) is 94.0 Å². The number of anilines is 2. The summed E-state index contributed by atoms with van der Waals surface area (Å²) in [5.41, 5.74) is 6.54. The molecule has 9 heteroatoms. The Hall–Kier alpha value is -4.01. The predicted octanol–water partition coefficient (Wildman–Crippen LogP) is 7.06. The van der Waals surface area contributed by atoms with E-state index in [1.165, 1.54) is 11.1 Å². The molecule has 45 heavy (non-hydrogen) atoms. The van der Waals surface area contributed by atoms with Gasteiger partial charge in [0.25, 0.3) is 5.91 Å². The summed E-state index contributed by atoms with van der Waals surface area (Å²) in [4.78, 5) is 34.2. The van der Waals surface area contributed by atoms with Crippen molar-refractivity contribution < 1.29 is 9.53 Å². The van der Waals surface area contributed by atoms with Crippen molar-refractivity contribution in [3.63, 3.8) is 0 Å². The van der Waals surface area contributed by atoms with Gasteiger partial charge in [-0.15, -0.1) is 0 Å². The topological polar surface area (TPSA) is 74.7 Å². The molecule has 236 valence electrons. The van der Waals surface area contributed by atoms with Gasteiger partial charge in [-0.25, -0.2) is 9.97 Å². The highest BCUT2D eigenvalue weighted by Crippen LogP contribution is 2.29. The predicted molar refractivity (Wildman–Crippen MR) is 181 cm³/mol. The molecule has 5 rings (SSSR count). The molecule has 3 aromatic heterocycles. The molecule has 1 atom stereocenters. The van der Waals surface area contributed by atoms with E-state index in [1.54, 1.807) is 13.2 Å². The molecule has 1 aromatic carbocycles. The number of hydrogen-bond donors (Lipinski definition) is 0. The average molecular weight is 627 g/mol. The van der Waals surface area contributed by atoms with Crippen LogP contribution in [0.4, 0.5) is 11.4 Å². The first-order valence-corrected chi connectivity index (χ1v) is 16.0. The monoisotopic (exact) mass is 626 g/mol. The van der Waals surface area contributed by atoms with E-state index in [1.807, 2.05) is 73.7 Å². The third-order valence-corrected chi connectivity index (χ3v) is 9.17. The molecular weight excluding hydrogens is 584 g/mol. The first-order valence-electron chi connectivity index (χ1n) is 15.7. The molecule has 0 saturated carbocycles. The fourth-order valence-electron chi connectivity index (χ4n) is 6.28. The SMILES string of the molecule is COc1ccc(N(Cc2cnccc2C)C2CCN(C(C)CCN(C(=O)c3c(C)cc(Cl)nc3C)c3ccccc3)CC2)cn1. The molecule has 1 saturated heterocycles. The van der Waals surface area contributed by atoms with E-state index in [0.29, 0.717) is 40.9 Å². The van der Waals surface area contributed by atoms with E-state index in [9.17, 15) is 4.79 Å². The number of amides is 1. The molecule has 0 radical (unpaired) electrons. The number of ether oxygens (including phenoxy) is 1. The van der Waals surface area contributed by atoms with Gasteiger partial charge in [0, 0.05) is 62.4 Å². The summed E-state index contributed by atoms with van der Waals surface area (Å²) in [6.07, 6.45) is 8.65. The number of aryl methyl sites for hydroxylation is 3. The van der Waals surface area contributed by atoms with Crippen molar-refractivity contribution in [3.05, 3.63) is 106 Å².